The molecule has 0 unspecified atom stereocenters. The first-order valence-electron chi connectivity index (χ1n) is 6.28. The van der Waals surface area contributed by atoms with E-state index in [0.717, 1.165) is 25.9 Å². The Morgan fingerprint density at radius 3 is 2.33 bits per heavy atom. The molecule has 0 aromatic heterocycles. The lowest BCUT2D eigenvalue weighted by atomic mass is 9.96. The second kappa shape index (κ2) is 5.71. The molecule has 0 bridgehead atoms. The number of hydrogen-bond acceptors (Lipinski definition) is 3. The van der Waals surface area contributed by atoms with Gasteiger partial charge in [-0.15, -0.1) is 0 Å². The Morgan fingerprint density at radius 2 is 1.72 bits per heavy atom. The van der Waals surface area contributed by atoms with Crippen molar-refractivity contribution in [3.8, 4) is 5.75 Å². The molecule has 1 aliphatic heterocycles. The smallest absolute Gasteiger partial charge is 0.178 e. The predicted molar refractivity (Wildman–Crippen MR) is 68.8 cm³/mol. The van der Waals surface area contributed by atoms with E-state index in [1.165, 1.54) is 24.3 Å². The van der Waals surface area contributed by atoms with E-state index in [1.54, 1.807) is 0 Å². The third kappa shape index (κ3) is 3.46. The number of rotatable bonds is 4. The largest absolute Gasteiger partial charge is 0.317 e. The Hall–Kier alpha value is -1.07. The van der Waals surface area contributed by atoms with Gasteiger partial charge in [0.2, 0.25) is 0 Å². The third-order valence-electron chi connectivity index (χ3n) is 3.44. The molecule has 5 heteroatoms. The highest BCUT2D eigenvalue weighted by Crippen LogP contribution is 2.21. The summed E-state index contributed by atoms with van der Waals surface area (Å²) in [6.07, 6.45) is 2.81. The first-order valence-corrected chi connectivity index (χ1v) is 7.94. The van der Waals surface area contributed by atoms with Crippen LogP contribution in [0.25, 0.3) is 0 Å². The molecule has 99 valence electrons. The average molecular weight is 268 g/mol. The summed E-state index contributed by atoms with van der Waals surface area (Å²) >= 11 is 0. The van der Waals surface area contributed by atoms with Crippen molar-refractivity contribution in [1.29, 1.82) is 0 Å². The van der Waals surface area contributed by atoms with E-state index >= 15 is 0 Å². The molecule has 2 rings (SSSR count). The van der Waals surface area contributed by atoms with Crippen molar-refractivity contribution in [3.63, 3.8) is 0 Å². The Morgan fingerprint density at radius 1 is 1.11 bits per heavy atom. The number of hydrogen-bond donors (Lipinski definition) is 1. The van der Waals surface area contributed by atoms with E-state index in [4.69, 9.17) is 0 Å². The maximum atomic E-state index is 12.1. The lowest BCUT2D eigenvalue weighted by molar-refractivity contribution is 0.354. The monoisotopic (exact) mass is 268 g/mol. The number of sulfone groups is 1. The van der Waals surface area contributed by atoms with Crippen molar-refractivity contribution in [3.05, 3.63) is 24.3 Å². The normalized spacial score (nSPS) is 17.8. The van der Waals surface area contributed by atoms with Gasteiger partial charge in [0.05, 0.1) is 10.6 Å². The molecule has 0 aliphatic carbocycles. The lowest BCUT2D eigenvalue weighted by Gasteiger charge is -2.22. The first kappa shape index (κ1) is 13.4. The van der Waals surface area contributed by atoms with Crippen LogP contribution in [0.5, 0.6) is 5.75 Å². The average Bonchev–Trinajstić information content (AvgIpc) is 2.38. The number of nitrogens with one attached hydrogen (secondary N) is 1. The SMILES string of the molecule is [O]c1ccc(S(=O)(=O)CCC2CCNCC2)cc1. The second-order valence-electron chi connectivity index (χ2n) is 4.77. The fourth-order valence-electron chi connectivity index (χ4n) is 2.26. The zero-order valence-corrected chi connectivity index (χ0v) is 11.1. The number of benzene rings is 1. The molecule has 0 saturated carbocycles. The second-order valence-corrected chi connectivity index (χ2v) is 6.88. The van der Waals surface area contributed by atoms with Gasteiger partial charge in [0, 0.05) is 0 Å². The summed E-state index contributed by atoms with van der Waals surface area (Å²) in [5, 5.41) is 14.2. The molecule has 1 fully saturated rings. The highest BCUT2D eigenvalue weighted by molar-refractivity contribution is 7.91. The summed E-state index contributed by atoms with van der Waals surface area (Å²) in [6, 6.07) is 5.41. The predicted octanol–water partition coefficient (Wildman–Crippen LogP) is 1.99. The highest BCUT2D eigenvalue weighted by atomic mass is 32.2. The molecular weight excluding hydrogens is 250 g/mol. The molecule has 1 aromatic rings. The van der Waals surface area contributed by atoms with Gasteiger partial charge in [-0.2, -0.15) is 0 Å². The van der Waals surface area contributed by atoms with Crippen LogP contribution >= 0.6 is 0 Å². The molecule has 1 N–H and O–H groups in total. The van der Waals surface area contributed by atoms with E-state index in [2.05, 4.69) is 5.32 Å². The first-order chi connectivity index (χ1) is 8.58. The fraction of sp³-hybridized carbons (Fsp3) is 0.538. The van der Waals surface area contributed by atoms with Gasteiger partial charge in [0.15, 0.2) is 15.6 Å². The van der Waals surface area contributed by atoms with Gasteiger partial charge in [0.1, 0.15) is 0 Å². The van der Waals surface area contributed by atoms with Crippen LogP contribution in [0.15, 0.2) is 29.2 Å². The summed E-state index contributed by atoms with van der Waals surface area (Å²) in [5.74, 6) is 0.516. The van der Waals surface area contributed by atoms with Gasteiger partial charge >= 0.3 is 0 Å². The van der Waals surface area contributed by atoms with Crippen LogP contribution in [0.2, 0.25) is 0 Å². The van der Waals surface area contributed by atoms with E-state index in [-0.39, 0.29) is 16.4 Å². The van der Waals surface area contributed by atoms with Crippen LogP contribution in [-0.4, -0.2) is 27.3 Å². The molecule has 1 heterocycles. The van der Waals surface area contributed by atoms with Crippen molar-refractivity contribution in [2.24, 2.45) is 5.92 Å². The Balaban J connectivity index is 1.96. The summed E-state index contributed by atoms with van der Waals surface area (Å²) in [5.41, 5.74) is 0. The van der Waals surface area contributed by atoms with E-state index < -0.39 is 9.84 Å². The van der Waals surface area contributed by atoms with Gasteiger partial charge in [0.25, 0.3) is 0 Å². The van der Waals surface area contributed by atoms with Crippen molar-refractivity contribution < 1.29 is 13.5 Å². The van der Waals surface area contributed by atoms with Crippen LogP contribution in [-0.2, 0) is 14.9 Å². The van der Waals surface area contributed by atoms with Gasteiger partial charge in [-0.3, -0.25) is 5.11 Å². The van der Waals surface area contributed by atoms with Gasteiger partial charge in [-0.25, -0.2) is 8.42 Å². The summed E-state index contributed by atoms with van der Waals surface area (Å²) < 4.78 is 24.1. The minimum Gasteiger partial charge on any atom is -0.317 e. The van der Waals surface area contributed by atoms with Crippen LogP contribution in [0.1, 0.15) is 19.3 Å². The van der Waals surface area contributed by atoms with Crippen molar-refractivity contribution in [2.75, 3.05) is 18.8 Å². The molecule has 1 saturated heterocycles. The summed E-state index contributed by atoms with van der Waals surface area (Å²) in [7, 11) is -3.24. The zero-order chi connectivity index (χ0) is 13.0. The number of piperidine rings is 1. The molecule has 0 atom stereocenters. The minimum absolute atomic E-state index is 0.160. The van der Waals surface area contributed by atoms with E-state index in [1.807, 2.05) is 0 Å². The molecule has 1 aromatic carbocycles. The van der Waals surface area contributed by atoms with Gasteiger partial charge in [-0.1, -0.05) is 0 Å². The fourth-order valence-corrected chi connectivity index (χ4v) is 3.69. The molecule has 1 aliphatic rings. The maximum absolute atomic E-state index is 12.1. The lowest BCUT2D eigenvalue weighted by Crippen LogP contribution is -2.28. The summed E-state index contributed by atoms with van der Waals surface area (Å²) in [4.78, 5) is 0.260. The van der Waals surface area contributed by atoms with E-state index in [0.29, 0.717) is 12.3 Å². The standard InChI is InChI=1S/C13H18NO3S/c15-12-1-3-13(4-2-12)18(16,17)10-7-11-5-8-14-9-6-11/h1-4,11,14H,5-10H2. The molecule has 4 nitrogen and oxygen atoms in total. The Kier molecular flexibility index (Phi) is 4.24. The molecule has 0 spiro atoms. The summed E-state index contributed by atoms with van der Waals surface area (Å²) in [6.45, 7) is 1.96. The molecule has 0 amide bonds. The Bertz CT molecular complexity index is 475. The van der Waals surface area contributed by atoms with Crippen LogP contribution < -0.4 is 5.32 Å². The molecular formula is C13H18NO3S. The van der Waals surface area contributed by atoms with Crippen LogP contribution in [0, 0.1) is 5.92 Å². The minimum atomic E-state index is -3.24. The zero-order valence-electron chi connectivity index (χ0n) is 10.3. The third-order valence-corrected chi connectivity index (χ3v) is 5.20. The molecule has 18 heavy (non-hydrogen) atoms. The Labute approximate surface area is 108 Å². The van der Waals surface area contributed by atoms with Crippen LogP contribution in [0.3, 0.4) is 0 Å². The topological polar surface area (TPSA) is 66.1 Å². The maximum Gasteiger partial charge on any atom is 0.178 e. The van der Waals surface area contributed by atoms with Crippen molar-refractivity contribution >= 4 is 9.84 Å². The molecule has 1 radical (unpaired) electrons. The van der Waals surface area contributed by atoms with Crippen LogP contribution in [0.4, 0.5) is 0 Å². The van der Waals surface area contributed by atoms with Gasteiger partial charge in [-0.05, 0) is 62.5 Å². The van der Waals surface area contributed by atoms with E-state index in [9.17, 15) is 13.5 Å². The van der Waals surface area contributed by atoms with Crippen molar-refractivity contribution in [2.45, 2.75) is 24.2 Å². The highest BCUT2D eigenvalue weighted by Gasteiger charge is 2.19. The van der Waals surface area contributed by atoms with Crippen molar-refractivity contribution in [1.82, 2.24) is 5.32 Å². The quantitative estimate of drug-likeness (QED) is 0.908. The van der Waals surface area contributed by atoms with Gasteiger partial charge < -0.3 is 5.32 Å².